The molecular weight excluding hydrogens is 346 g/mol. The van der Waals surface area contributed by atoms with Gasteiger partial charge in [0.25, 0.3) is 5.91 Å². The summed E-state index contributed by atoms with van der Waals surface area (Å²) in [5.41, 5.74) is 2.29. The van der Waals surface area contributed by atoms with Gasteiger partial charge >= 0.3 is 0 Å². The molecule has 1 N–H and O–H groups in total. The average molecular weight is 378 g/mol. The van der Waals surface area contributed by atoms with Gasteiger partial charge in [-0.15, -0.1) is 11.8 Å². The Morgan fingerprint density at radius 1 is 1.38 bits per heavy atom. The molecule has 3 rings (SSSR count). The van der Waals surface area contributed by atoms with Gasteiger partial charge in [0.1, 0.15) is 10.8 Å². The van der Waals surface area contributed by atoms with Crippen LogP contribution >= 0.6 is 11.8 Å². The zero-order chi connectivity index (χ0) is 18.6. The normalized spacial score (nSPS) is 18.7. The van der Waals surface area contributed by atoms with E-state index < -0.39 is 0 Å². The van der Waals surface area contributed by atoms with Crippen LogP contribution in [0.3, 0.4) is 0 Å². The molecule has 1 aromatic rings. The summed E-state index contributed by atoms with van der Waals surface area (Å²) in [7, 11) is 0. The van der Waals surface area contributed by atoms with E-state index in [4.69, 9.17) is 9.72 Å². The number of thioether (sulfide) groups is 1. The van der Waals surface area contributed by atoms with Crippen LogP contribution in [0.25, 0.3) is 0 Å². The smallest absolute Gasteiger partial charge is 0.254 e. The summed E-state index contributed by atoms with van der Waals surface area (Å²) in [6.07, 6.45) is 4.93. The van der Waals surface area contributed by atoms with Crippen LogP contribution in [0.4, 0.5) is 5.82 Å². The summed E-state index contributed by atoms with van der Waals surface area (Å²) in [5, 5.41) is 3.96. The number of rotatable bonds is 8. The Labute approximate surface area is 161 Å². The van der Waals surface area contributed by atoms with Crippen molar-refractivity contribution in [3.05, 3.63) is 17.2 Å². The highest BCUT2D eigenvalue weighted by atomic mass is 32.2. The fourth-order valence-corrected chi connectivity index (χ4v) is 4.20. The quantitative estimate of drug-likeness (QED) is 0.554. The van der Waals surface area contributed by atoms with Gasteiger partial charge in [0, 0.05) is 19.6 Å². The van der Waals surface area contributed by atoms with E-state index in [0.29, 0.717) is 5.41 Å². The predicted octanol–water partition coefficient (Wildman–Crippen LogP) is 3.65. The molecule has 1 aromatic heterocycles. The number of nitrogens with one attached hydrogen (secondary N) is 1. The van der Waals surface area contributed by atoms with Crippen molar-refractivity contribution in [2.45, 2.75) is 51.5 Å². The summed E-state index contributed by atoms with van der Waals surface area (Å²) >= 11 is 1.65. The third-order valence-electron chi connectivity index (χ3n) is 5.36. The second-order valence-electron chi connectivity index (χ2n) is 7.68. The molecule has 2 heterocycles. The standard InChI is InChI=1S/C20H31N3O2S/c1-4-26-19-17(18(24)21-9-5-6-20(3)7-8-20)15(2)14-16(22-19)23-10-12-25-13-11-23/h14H,4-13H2,1-3H3,(H,21,24). The number of amides is 1. The maximum atomic E-state index is 12.8. The molecule has 2 aliphatic rings. The first-order valence-corrected chi connectivity index (χ1v) is 10.8. The molecule has 5 nitrogen and oxygen atoms in total. The number of carbonyl (C=O) groups is 1. The lowest BCUT2D eigenvalue weighted by molar-refractivity contribution is 0.0947. The van der Waals surface area contributed by atoms with Gasteiger partial charge in [-0.1, -0.05) is 13.8 Å². The molecule has 0 radical (unpaired) electrons. The largest absolute Gasteiger partial charge is 0.378 e. The van der Waals surface area contributed by atoms with Crippen LogP contribution in [0.2, 0.25) is 0 Å². The number of morpholine rings is 1. The Bertz CT molecular complexity index is 640. The van der Waals surface area contributed by atoms with E-state index in [2.05, 4.69) is 24.1 Å². The lowest BCUT2D eigenvalue weighted by Gasteiger charge is -2.28. The van der Waals surface area contributed by atoms with E-state index in [1.165, 1.54) is 19.3 Å². The molecule has 144 valence electrons. The first kappa shape index (κ1) is 19.5. The Balaban J connectivity index is 1.68. The molecule has 0 bridgehead atoms. The Morgan fingerprint density at radius 3 is 2.77 bits per heavy atom. The van der Waals surface area contributed by atoms with E-state index in [9.17, 15) is 4.79 Å². The van der Waals surface area contributed by atoms with Crippen LogP contribution in [0.5, 0.6) is 0 Å². The van der Waals surface area contributed by atoms with Gasteiger partial charge in [-0.05, 0) is 55.4 Å². The number of hydrogen-bond donors (Lipinski definition) is 1. The molecule has 2 fully saturated rings. The molecule has 1 saturated heterocycles. The molecule has 0 atom stereocenters. The molecule has 0 aromatic carbocycles. The lowest BCUT2D eigenvalue weighted by Crippen LogP contribution is -2.37. The first-order valence-electron chi connectivity index (χ1n) is 9.78. The fraction of sp³-hybridized carbons (Fsp3) is 0.700. The average Bonchev–Trinajstić information content (AvgIpc) is 3.37. The van der Waals surface area contributed by atoms with Crippen LogP contribution in [0, 0.1) is 12.3 Å². The van der Waals surface area contributed by atoms with Gasteiger partial charge in [0.2, 0.25) is 0 Å². The van der Waals surface area contributed by atoms with Crippen LogP contribution in [-0.4, -0.2) is 49.5 Å². The number of aryl methyl sites for hydroxylation is 1. The molecule has 0 unspecified atom stereocenters. The maximum absolute atomic E-state index is 12.8. The number of anilines is 1. The van der Waals surface area contributed by atoms with Crippen molar-refractivity contribution in [2.75, 3.05) is 43.5 Å². The Morgan fingerprint density at radius 2 is 2.12 bits per heavy atom. The predicted molar refractivity (Wildman–Crippen MR) is 107 cm³/mol. The summed E-state index contributed by atoms with van der Waals surface area (Å²) in [6, 6.07) is 2.05. The van der Waals surface area contributed by atoms with Crippen LogP contribution in [0.15, 0.2) is 11.1 Å². The fourth-order valence-electron chi connectivity index (χ4n) is 3.37. The van der Waals surface area contributed by atoms with Crippen LogP contribution < -0.4 is 10.2 Å². The van der Waals surface area contributed by atoms with E-state index in [-0.39, 0.29) is 5.91 Å². The van der Waals surface area contributed by atoms with Gasteiger partial charge in [0.05, 0.1) is 18.8 Å². The van der Waals surface area contributed by atoms with E-state index in [1.54, 1.807) is 11.8 Å². The summed E-state index contributed by atoms with van der Waals surface area (Å²) in [6.45, 7) is 10.4. The molecule has 0 spiro atoms. The van der Waals surface area contributed by atoms with Gasteiger partial charge in [-0.3, -0.25) is 4.79 Å². The first-order chi connectivity index (χ1) is 12.5. The number of ether oxygens (including phenoxy) is 1. The molecule has 1 amide bonds. The number of nitrogens with zero attached hydrogens (tertiary/aromatic N) is 2. The lowest BCUT2D eigenvalue weighted by atomic mass is 10.0. The number of pyridine rings is 1. The van der Waals surface area contributed by atoms with Gasteiger partial charge in [-0.2, -0.15) is 0 Å². The van der Waals surface area contributed by atoms with Crippen molar-refractivity contribution in [3.8, 4) is 0 Å². The second kappa shape index (κ2) is 8.61. The highest BCUT2D eigenvalue weighted by Crippen LogP contribution is 2.48. The van der Waals surface area contributed by atoms with Crippen LogP contribution in [-0.2, 0) is 4.74 Å². The molecule has 26 heavy (non-hydrogen) atoms. The Kier molecular flexibility index (Phi) is 6.46. The number of carbonyl (C=O) groups excluding carboxylic acids is 1. The minimum absolute atomic E-state index is 0.0143. The van der Waals surface area contributed by atoms with E-state index in [0.717, 1.165) is 67.0 Å². The zero-order valence-corrected chi connectivity index (χ0v) is 17.1. The van der Waals surface area contributed by atoms with Gasteiger partial charge < -0.3 is 15.0 Å². The highest BCUT2D eigenvalue weighted by molar-refractivity contribution is 7.99. The Hall–Kier alpha value is -1.27. The third-order valence-corrected chi connectivity index (χ3v) is 6.22. The molecule has 1 saturated carbocycles. The molecular formula is C20H31N3O2S. The minimum Gasteiger partial charge on any atom is -0.378 e. The maximum Gasteiger partial charge on any atom is 0.254 e. The molecule has 1 aliphatic carbocycles. The zero-order valence-electron chi connectivity index (χ0n) is 16.3. The van der Waals surface area contributed by atoms with Crippen molar-refractivity contribution >= 4 is 23.5 Å². The number of aromatic nitrogens is 1. The van der Waals surface area contributed by atoms with Crippen molar-refractivity contribution < 1.29 is 9.53 Å². The van der Waals surface area contributed by atoms with Gasteiger partial charge in [-0.25, -0.2) is 4.98 Å². The molecule has 6 heteroatoms. The summed E-state index contributed by atoms with van der Waals surface area (Å²) in [5.74, 6) is 1.87. The monoisotopic (exact) mass is 377 g/mol. The minimum atomic E-state index is 0.0143. The van der Waals surface area contributed by atoms with E-state index >= 15 is 0 Å². The van der Waals surface area contributed by atoms with Crippen molar-refractivity contribution in [3.63, 3.8) is 0 Å². The SMILES string of the molecule is CCSc1nc(N2CCOCC2)cc(C)c1C(=O)NCCCC1(C)CC1. The number of hydrogen-bond acceptors (Lipinski definition) is 5. The van der Waals surface area contributed by atoms with Crippen molar-refractivity contribution in [2.24, 2.45) is 5.41 Å². The summed E-state index contributed by atoms with van der Waals surface area (Å²) in [4.78, 5) is 19.9. The topological polar surface area (TPSA) is 54.5 Å². The van der Waals surface area contributed by atoms with Crippen LogP contribution in [0.1, 0.15) is 55.5 Å². The van der Waals surface area contributed by atoms with Crippen molar-refractivity contribution in [1.29, 1.82) is 0 Å². The second-order valence-corrected chi connectivity index (χ2v) is 8.93. The highest BCUT2D eigenvalue weighted by Gasteiger charge is 2.36. The summed E-state index contributed by atoms with van der Waals surface area (Å²) < 4.78 is 5.44. The molecule has 1 aliphatic heterocycles. The van der Waals surface area contributed by atoms with Gasteiger partial charge in [0.15, 0.2) is 0 Å². The van der Waals surface area contributed by atoms with Crippen molar-refractivity contribution in [1.82, 2.24) is 10.3 Å². The third kappa shape index (κ3) is 4.92. The van der Waals surface area contributed by atoms with E-state index in [1.807, 2.05) is 13.0 Å².